The average Bonchev–Trinajstić information content (AvgIpc) is 2.84. The first-order valence-corrected chi connectivity index (χ1v) is 6.07. The largest absolute Gasteiger partial charge is 0.506 e. The molecule has 6 heteroatoms. The number of aryl methyl sites for hydroxylation is 1. The second kappa shape index (κ2) is 5.96. The number of benzene rings is 1. The second-order valence-corrected chi connectivity index (χ2v) is 4.31. The van der Waals surface area contributed by atoms with Crippen LogP contribution in [0.4, 0.5) is 5.69 Å². The van der Waals surface area contributed by atoms with Gasteiger partial charge in [0, 0.05) is 6.08 Å². The van der Waals surface area contributed by atoms with Gasteiger partial charge in [0.15, 0.2) is 0 Å². The summed E-state index contributed by atoms with van der Waals surface area (Å²) in [5.41, 5.74) is -0.00563. The van der Waals surface area contributed by atoms with Gasteiger partial charge >= 0.3 is 5.97 Å². The van der Waals surface area contributed by atoms with E-state index in [-0.39, 0.29) is 17.0 Å². The van der Waals surface area contributed by atoms with Crippen LogP contribution in [0.25, 0.3) is 6.08 Å². The maximum absolute atomic E-state index is 11.7. The molecular formula is C15H13NO5. The van der Waals surface area contributed by atoms with Gasteiger partial charge in [0.1, 0.15) is 17.3 Å². The van der Waals surface area contributed by atoms with E-state index in [0.29, 0.717) is 5.76 Å². The fourth-order valence-corrected chi connectivity index (χ4v) is 1.64. The highest BCUT2D eigenvalue weighted by atomic mass is 16.4. The number of furan rings is 1. The van der Waals surface area contributed by atoms with Gasteiger partial charge in [0.25, 0.3) is 0 Å². The van der Waals surface area contributed by atoms with Gasteiger partial charge in [0.2, 0.25) is 5.91 Å². The van der Waals surface area contributed by atoms with Crippen molar-refractivity contribution in [2.24, 2.45) is 0 Å². The summed E-state index contributed by atoms with van der Waals surface area (Å²) < 4.78 is 5.26. The minimum Gasteiger partial charge on any atom is -0.506 e. The summed E-state index contributed by atoms with van der Waals surface area (Å²) in [6.07, 6.45) is 2.70. The Morgan fingerprint density at radius 2 is 2.00 bits per heavy atom. The third-order valence-electron chi connectivity index (χ3n) is 2.66. The lowest BCUT2D eigenvalue weighted by atomic mass is 10.2. The molecule has 1 aromatic carbocycles. The van der Waals surface area contributed by atoms with Crippen LogP contribution in [0.2, 0.25) is 0 Å². The standard InChI is InChI=1S/C15H13NO5/c1-9-2-4-11(21-9)5-7-14(18)16-12-8-10(15(19)20)3-6-13(12)17/h2-8,17H,1H3,(H,16,18)(H,19,20)/b7-5+. The number of carboxylic acids is 1. The molecule has 21 heavy (non-hydrogen) atoms. The molecule has 3 N–H and O–H groups in total. The van der Waals surface area contributed by atoms with Crippen molar-refractivity contribution < 1.29 is 24.2 Å². The Labute approximate surface area is 120 Å². The summed E-state index contributed by atoms with van der Waals surface area (Å²) in [7, 11) is 0. The third kappa shape index (κ3) is 3.73. The number of aromatic carboxylic acids is 1. The van der Waals surface area contributed by atoms with Gasteiger partial charge in [0.05, 0.1) is 11.3 Å². The van der Waals surface area contributed by atoms with E-state index in [9.17, 15) is 14.7 Å². The summed E-state index contributed by atoms with van der Waals surface area (Å²) in [6, 6.07) is 7.11. The second-order valence-electron chi connectivity index (χ2n) is 4.31. The van der Waals surface area contributed by atoms with E-state index in [2.05, 4.69) is 5.32 Å². The number of anilines is 1. The van der Waals surface area contributed by atoms with Crippen molar-refractivity contribution in [1.29, 1.82) is 0 Å². The molecule has 6 nitrogen and oxygen atoms in total. The number of carboxylic acid groups (broad SMARTS) is 1. The predicted octanol–water partition coefficient (Wildman–Crippen LogP) is 2.64. The molecule has 0 unspecified atom stereocenters. The van der Waals surface area contributed by atoms with E-state index in [1.165, 1.54) is 30.4 Å². The highest BCUT2D eigenvalue weighted by molar-refractivity contribution is 6.03. The Hall–Kier alpha value is -3.02. The van der Waals surface area contributed by atoms with Crippen molar-refractivity contribution in [3.63, 3.8) is 0 Å². The van der Waals surface area contributed by atoms with Crippen molar-refractivity contribution in [3.05, 3.63) is 53.5 Å². The van der Waals surface area contributed by atoms with Gasteiger partial charge in [-0.1, -0.05) is 0 Å². The van der Waals surface area contributed by atoms with Gasteiger partial charge < -0.3 is 19.9 Å². The Bertz CT molecular complexity index is 715. The smallest absolute Gasteiger partial charge is 0.335 e. The molecule has 0 fully saturated rings. The molecule has 0 saturated heterocycles. The molecule has 108 valence electrons. The number of nitrogens with one attached hydrogen (secondary N) is 1. The molecule has 1 aromatic heterocycles. The van der Waals surface area contributed by atoms with Crippen LogP contribution in [-0.4, -0.2) is 22.1 Å². The van der Waals surface area contributed by atoms with E-state index in [0.717, 1.165) is 5.76 Å². The molecule has 0 aliphatic rings. The van der Waals surface area contributed by atoms with Crippen molar-refractivity contribution in [3.8, 4) is 5.75 Å². The average molecular weight is 287 g/mol. The molecule has 0 bridgehead atoms. The van der Waals surface area contributed by atoms with Gasteiger partial charge in [-0.15, -0.1) is 0 Å². The highest BCUT2D eigenvalue weighted by Crippen LogP contribution is 2.24. The maximum atomic E-state index is 11.7. The van der Waals surface area contributed by atoms with Crippen molar-refractivity contribution in [1.82, 2.24) is 0 Å². The predicted molar refractivity (Wildman–Crippen MR) is 76.2 cm³/mol. The summed E-state index contributed by atoms with van der Waals surface area (Å²) >= 11 is 0. The number of rotatable bonds is 4. The normalized spacial score (nSPS) is 10.7. The first-order chi connectivity index (χ1) is 9.95. The molecule has 2 aromatic rings. The molecule has 0 aliphatic heterocycles. The zero-order chi connectivity index (χ0) is 15.4. The topological polar surface area (TPSA) is 99.8 Å². The van der Waals surface area contributed by atoms with Crippen LogP contribution in [0.15, 0.2) is 40.8 Å². The monoisotopic (exact) mass is 287 g/mol. The Balaban J connectivity index is 2.10. The van der Waals surface area contributed by atoms with Crippen LogP contribution in [0.3, 0.4) is 0 Å². The van der Waals surface area contributed by atoms with Crippen LogP contribution in [0.1, 0.15) is 21.9 Å². The SMILES string of the molecule is Cc1ccc(/C=C/C(=O)Nc2cc(C(=O)O)ccc2O)o1. The summed E-state index contributed by atoms with van der Waals surface area (Å²) in [6.45, 7) is 1.78. The molecule has 1 heterocycles. The number of hydrogen-bond donors (Lipinski definition) is 3. The number of carbonyl (C=O) groups excluding carboxylic acids is 1. The molecule has 0 saturated carbocycles. The number of aromatic hydroxyl groups is 1. The quantitative estimate of drug-likeness (QED) is 0.593. The van der Waals surface area contributed by atoms with Gasteiger partial charge in [-0.05, 0) is 43.3 Å². The van der Waals surface area contributed by atoms with Crippen LogP contribution in [-0.2, 0) is 4.79 Å². The summed E-state index contributed by atoms with van der Waals surface area (Å²) in [5.74, 6) is -0.627. The summed E-state index contributed by atoms with van der Waals surface area (Å²) in [4.78, 5) is 22.6. The van der Waals surface area contributed by atoms with Crippen LogP contribution < -0.4 is 5.32 Å². The third-order valence-corrected chi connectivity index (χ3v) is 2.66. The molecule has 1 amide bonds. The number of carbonyl (C=O) groups is 2. The van der Waals surface area contributed by atoms with E-state index < -0.39 is 11.9 Å². The molecule has 0 atom stereocenters. The van der Waals surface area contributed by atoms with E-state index >= 15 is 0 Å². The zero-order valence-electron chi connectivity index (χ0n) is 11.2. The minimum absolute atomic E-state index is 0.0279. The Morgan fingerprint density at radius 1 is 1.24 bits per heavy atom. The lowest BCUT2D eigenvalue weighted by Gasteiger charge is -2.06. The highest BCUT2D eigenvalue weighted by Gasteiger charge is 2.09. The minimum atomic E-state index is -1.15. The first-order valence-electron chi connectivity index (χ1n) is 6.07. The molecule has 0 aliphatic carbocycles. The molecule has 0 radical (unpaired) electrons. The van der Waals surface area contributed by atoms with Crippen molar-refractivity contribution >= 4 is 23.6 Å². The fraction of sp³-hybridized carbons (Fsp3) is 0.0667. The van der Waals surface area contributed by atoms with Gasteiger partial charge in [-0.2, -0.15) is 0 Å². The van der Waals surface area contributed by atoms with Gasteiger partial charge in [-0.3, -0.25) is 4.79 Å². The molecule has 2 rings (SSSR count). The molecular weight excluding hydrogens is 274 g/mol. The lowest BCUT2D eigenvalue weighted by molar-refractivity contribution is -0.111. The van der Waals surface area contributed by atoms with E-state index in [4.69, 9.17) is 9.52 Å². The lowest BCUT2D eigenvalue weighted by Crippen LogP contribution is -2.09. The van der Waals surface area contributed by atoms with E-state index in [1.807, 2.05) is 0 Å². The van der Waals surface area contributed by atoms with Gasteiger partial charge in [-0.25, -0.2) is 4.79 Å². The van der Waals surface area contributed by atoms with E-state index in [1.54, 1.807) is 19.1 Å². The fourth-order valence-electron chi connectivity index (χ4n) is 1.64. The zero-order valence-corrected chi connectivity index (χ0v) is 11.2. The number of amides is 1. The van der Waals surface area contributed by atoms with Crippen LogP contribution in [0.5, 0.6) is 5.75 Å². The number of hydrogen-bond acceptors (Lipinski definition) is 4. The maximum Gasteiger partial charge on any atom is 0.335 e. The number of phenols is 1. The van der Waals surface area contributed by atoms with Crippen LogP contribution in [0, 0.1) is 6.92 Å². The first kappa shape index (κ1) is 14.4. The molecule has 0 spiro atoms. The van der Waals surface area contributed by atoms with Crippen molar-refractivity contribution in [2.75, 3.05) is 5.32 Å². The Kier molecular flexibility index (Phi) is 4.08. The summed E-state index contributed by atoms with van der Waals surface area (Å²) in [5, 5.41) is 20.9. The number of phenolic OH excluding ortho intramolecular Hbond substituents is 1. The van der Waals surface area contributed by atoms with Crippen molar-refractivity contribution in [2.45, 2.75) is 6.92 Å². The Morgan fingerprint density at radius 3 is 2.62 bits per heavy atom. The van der Waals surface area contributed by atoms with Crippen LogP contribution >= 0.6 is 0 Å².